The van der Waals surface area contributed by atoms with Crippen LogP contribution in [0.15, 0.2) is 42.5 Å². The highest BCUT2D eigenvalue weighted by Crippen LogP contribution is 2.42. The van der Waals surface area contributed by atoms with Gasteiger partial charge in [0.15, 0.2) is 0 Å². The van der Waals surface area contributed by atoms with Crippen LogP contribution >= 0.6 is 23.2 Å². The van der Waals surface area contributed by atoms with Crippen LogP contribution in [0.5, 0.6) is 0 Å². The molecule has 2 aliphatic rings. The number of carbonyl (C=O) groups is 2. The minimum absolute atomic E-state index is 0.0712. The van der Waals surface area contributed by atoms with E-state index in [1.54, 1.807) is 18.2 Å². The number of rotatable bonds is 3. The molecule has 0 radical (unpaired) electrons. The van der Waals surface area contributed by atoms with Crippen LogP contribution in [0.1, 0.15) is 17.5 Å². The molecule has 2 unspecified atom stereocenters. The summed E-state index contributed by atoms with van der Waals surface area (Å²) >= 11 is 12.0. The number of nitrogens with zero attached hydrogens (tertiary/aromatic N) is 1. The molecule has 6 heteroatoms. The van der Waals surface area contributed by atoms with E-state index >= 15 is 0 Å². The molecule has 2 atom stereocenters. The summed E-state index contributed by atoms with van der Waals surface area (Å²) in [5.74, 6) is -0.607. The molecule has 1 saturated carbocycles. The van der Waals surface area contributed by atoms with E-state index in [9.17, 15) is 9.59 Å². The molecule has 1 aliphatic heterocycles. The number of anilines is 1. The highest BCUT2D eigenvalue weighted by molar-refractivity contribution is 6.36. The van der Waals surface area contributed by atoms with Gasteiger partial charge in [-0.2, -0.15) is 0 Å². The molecule has 1 N–H and O–H groups in total. The lowest BCUT2D eigenvalue weighted by molar-refractivity contribution is -0.135. The van der Waals surface area contributed by atoms with Crippen LogP contribution in [-0.2, 0) is 22.6 Å². The molecule has 1 heterocycles. The zero-order valence-electron chi connectivity index (χ0n) is 14.0. The van der Waals surface area contributed by atoms with Gasteiger partial charge in [0.05, 0.1) is 22.5 Å². The number of nitrogens with one attached hydrogen (secondary N) is 1. The molecule has 134 valence electrons. The summed E-state index contributed by atoms with van der Waals surface area (Å²) in [5, 5.41) is 3.71. The Morgan fingerprint density at radius 1 is 1.04 bits per heavy atom. The van der Waals surface area contributed by atoms with Crippen LogP contribution in [0.25, 0.3) is 0 Å². The van der Waals surface area contributed by atoms with E-state index in [2.05, 4.69) is 17.4 Å². The van der Waals surface area contributed by atoms with Gasteiger partial charge in [0.25, 0.3) is 0 Å². The average Bonchev–Trinajstić information content (AvgIpc) is 3.44. The number of amides is 2. The normalized spacial score (nSPS) is 21.1. The Labute approximate surface area is 162 Å². The predicted molar refractivity (Wildman–Crippen MR) is 102 cm³/mol. The van der Waals surface area contributed by atoms with Gasteiger partial charge < -0.3 is 10.2 Å². The van der Waals surface area contributed by atoms with Crippen molar-refractivity contribution in [2.75, 3.05) is 11.9 Å². The third-order valence-corrected chi connectivity index (χ3v) is 5.62. The van der Waals surface area contributed by atoms with Crippen molar-refractivity contribution >= 4 is 40.7 Å². The molecule has 4 nitrogen and oxygen atoms in total. The number of hydrogen-bond acceptors (Lipinski definition) is 2. The van der Waals surface area contributed by atoms with E-state index in [1.165, 1.54) is 11.1 Å². The van der Waals surface area contributed by atoms with Crippen molar-refractivity contribution in [1.29, 1.82) is 0 Å². The van der Waals surface area contributed by atoms with E-state index in [0.717, 1.165) is 6.42 Å². The van der Waals surface area contributed by atoms with Crippen molar-refractivity contribution in [2.24, 2.45) is 11.8 Å². The van der Waals surface area contributed by atoms with Gasteiger partial charge in [0.1, 0.15) is 0 Å². The fraction of sp³-hybridized carbons (Fsp3) is 0.300. The van der Waals surface area contributed by atoms with Crippen molar-refractivity contribution in [3.63, 3.8) is 0 Å². The lowest BCUT2D eigenvalue weighted by Crippen LogP contribution is -2.37. The molecule has 4 rings (SSSR count). The topological polar surface area (TPSA) is 49.4 Å². The fourth-order valence-electron chi connectivity index (χ4n) is 3.49. The standard InChI is InChI=1S/C20H18Cl2N2O2/c21-14-5-6-18(17(22)9-14)23-19(25)15-10-16(15)20(26)24-8-7-12-3-1-2-4-13(12)11-24/h1-6,9,15-16H,7-8,10-11H2,(H,23,25). The molecule has 0 aromatic heterocycles. The van der Waals surface area contributed by atoms with Crippen molar-refractivity contribution in [3.05, 3.63) is 63.6 Å². The molecular weight excluding hydrogens is 371 g/mol. The van der Waals surface area contributed by atoms with Gasteiger partial charge in [-0.3, -0.25) is 9.59 Å². The second kappa shape index (κ2) is 6.93. The zero-order valence-corrected chi connectivity index (χ0v) is 15.6. The van der Waals surface area contributed by atoms with Gasteiger partial charge >= 0.3 is 0 Å². The Balaban J connectivity index is 1.37. The molecule has 26 heavy (non-hydrogen) atoms. The van der Waals surface area contributed by atoms with E-state index < -0.39 is 0 Å². The highest BCUT2D eigenvalue weighted by Gasteiger charge is 2.49. The maximum absolute atomic E-state index is 12.8. The van der Waals surface area contributed by atoms with Crippen molar-refractivity contribution in [2.45, 2.75) is 19.4 Å². The smallest absolute Gasteiger partial charge is 0.228 e. The van der Waals surface area contributed by atoms with Crippen LogP contribution < -0.4 is 5.32 Å². The van der Waals surface area contributed by atoms with Crippen LogP contribution in [0, 0.1) is 11.8 Å². The quantitative estimate of drug-likeness (QED) is 0.858. The van der Waals surface area contributed by atoms with E-state index in [1.807, 2.05) is 17.0 Å². The number of halogens is 2. The van der Waals surface area contributed by atoms with Gasteiger partial charge in [-0.1, -0.05) is 47.5 Å². The van der Waals surface area contributed by atoms with Gasteiger partial charge in [-0.25, -0.2) is 0 Å². The van der Waals surface area contributed by atoms with Gasteiger partial charge in [-0.05, 0) is 42.2 Å². The number of fused-ring (bicyclic) bond motifs is 1. The lowest BCUT2D eigenvalue weighted by Gasteiger charge is -2.29. The molecule has 0 spiro atoms. The first-order valence-corrected chi connectivity index (χ1v) is 9.40. The zero-order chi connectivity index (χ0) is 18.3. The maximum Gasteiger partial charge on any atom is 0.228 e. The second-order valence-corrected chi connectivity index (χ2v) is 7.68. The first kappa shape index (κ1) is 17.4. The lowest BCUT2D eigenvalue weighted by atomic mass is 9.99. The maximum atomic E-state index is 12.8. The first-order valence-electron chi connectivity index (χ1n) is 8.64. The van der Waals surface area contributed by atoms with E-state index in [0.29, 0.717) is 35.2 Å². The van der Waals surface area contributed by atoms with Crippen LogP contribution in [0.2, 0.25) is 10.0 Å². The third-order valence-electron chi connectivity index (χ3n) is 5.08. The minimum Gasteiger partial charge on any atom is -0.338 e. The third kappa shape index (κ3) is 3.44. The number of hydrogen-bond donors (Lipinski definition) is 1. The molecule has 1 aliphatic carbocycles. The fourth-order valence-corrected chi connectivity index (χ4v) is 3.95. The molecule has 0 saturated heterocycles. The summed E-state index contributed by atoms with van der Waals surface area (Å²) in [5.41, 5.74) is 3.02. The number of carbonyl (C=O) groups excluding carboxylic acids is 2. The summed E-state index contributed by atoms with van der Waals surface area (Å²) in [4.78, 5) is 27.1. The van der Waals surface area contributed by atoms with Crippen molar-refractivity contribution in [3.8, 4) is 0 Å². The largest absolute Gasteiger partial charge is 0.338 e. The summed E-state index contributed by atoms with van der Waals surface area (Å²) < 4.78 is 0. The van der Waals surface area contributed by atoms with E-state index in [4.69, 9.17) is 23.2 Å². The Bertz CT molecular complexity index is 884. The summed E-state index contributed by atoms with van der Waals surface area (Å²) in [6, 6.07) is 13.1. The van der Waals surface area contributed by atoms with Crippen LogP contribution in [0.4, 0.5) is 5.69 Å². The summed E-state index contributed by atoms with van der Waals surface area (Å²) in [6.45, 7) is 1.34. The SMILES string of the molecule is O=C(Nc1ccc(Cl)cc1Cl)C1CC1C(=O)N1CCc2ccccc2C1. The molecule has 2 aromatic rings. The molecule has 2 aromatic carbocycles. The molecular formula is C20H18Cl2N2O2. The van der Waals surface area contributed by atoms with Crippen LogP contribution in [-0.4, -0.2) is 23.3 Å². The van der Waals surface area contributed by atoms with Crippen LogP contribution in [0.3, 0.4) is 0 Å². The second-order valence-electron chi connectivity index (χ2n) is 6.84. The molecule has 0 bridgehead atoms. The van der Waals surface area contributed by atoms with Crippen molar-refractivity contribution in [1.82, 2.24) is 4.90 Å². The minimum atomic E-state index is -0.286. The average molecular weight is 389 g/mol. The Kier molecular flexibility index (Phi) is 4.63. The van der Waals surface area contributed by atoms with Gasteiger partial charge in [0, 0.05) is 18.1 Å². The predicted octanol–water partition coefficient (Wildman–Crippen LogP) is 4.15. The highest BCUT2D eigenvalue weighted by atomic mass is 35.5. The van der Waals surface area contributed by atoms with Gasteiger partial charge in [0.2, 0.25) is 11.8 Å². The summed E-state index contributed by atoms with van der Waals surface area (Å²) in [6.07, 6.45) is 1.46. The monoisotopic (exact) mass is 388 g/mol. The molecule has 2 amide bonds. The Morgan fingerprint density at radius 3 is 2.58 bits per heavy atom. The summed E-state index contributed by atoms with van der Waals surface area (Å²) in [7, 11) is 0. The first-order chi connectivity index (χ1) is 12.5. The van der Waals surface area contributed by atoms with Gasteiger partial charge in [-0.15, -0.1) is 0 Å². The van der Waals surface area contributed by atoms with E-state index in [-0.39, 0.29) is 23.7 Å². The number of benzene rings is 2. The van der Waals surface area contributed by atoms with Crippen molar-refractivity contribution < 1.29 is 9.59 Å². The Hall–Kier alpha value is -2.04. The molecule has 1 fully saturated rings. The Morgan fingerprint density at radius 2 is 1.81 bits per heavy atom.